The lowest BCUT2D eigenvalue weighted by Gasteiger charge is -2.31. The molecule has 0 spiro atoms. The summed E-state index contributed by atoms with van der Waals surface area (Å²) < 4.78 is 26.8. The van der Waals surface area contributed by atoms with Crippen molar-refractivity contribution in [3.8, 4) is 0 Å². The van der Waals surface area contributed by atoms with Gasteiger partial charge in [-0.1, -0.05) is 64.6 Å². The first kappa shape index (κ1) is 28.4. The zero-order valence-corrected chi connectivity index (χ0v) is 23.1. The fourth-order valence-corrected chi connectivity index (χ4v) is 4.75. The Hall–Kier alpha value is -1.81. The van der Waals surface area contributed by atoms with Crippen molar-refractivity contribution in [2.75, 3.05) is 23.7 Å². The Morgan fingerprint density at radius 1 is 1.12 bits per heavy atom. The molecule has 1 N–H and O–H groups in total. The Kier molecular flexibility index (Phi) is 10.7. The highest BCUT2D eigenvalue weighted by Crippen LogP contribution is 2.25. The predicted octanol–water partition coefficient (Wildman–Crippen LogP) is 4.86. The van der Waals surface area contributed by atoms with Gasteiger partial charge in [0.1, 0.15) is 12.6 Å². The zero-order valence-electron chi connectivity index (χ0n) is 19.2. The van der Waals surface area contributed by atoms with Crippen molar-refractivity contribution in [3.63, 3.8) is 0 Å². The lowest BCUT2D eigenvalue weighted by molar-refractivity contribution is -0.139. The van der Waals surface area contributed by atoms with Crippen LogP contribution in [0.1, 0.15) is 32.3 Å². The number of benzene rings is 2. The van der Waals surface area contributed by atoms with Crippen LogP contribution in [0.15, 0.2) is 46.9 Å². The van der Waals surface area contributed by atoms with Crippen LogP contribution < -0.4 is 9.62 Å². The number of hydrogen-bond acceptors (Lipinski definition) is 4. The number of halogens is 3. The van der Waals surface area contributed by atoms with Gasteiger partial charge >= 0.3 is 0 Å². The minimum absolute atomic E-state index is 0.0498. The minimum Gasteiger partial charge on any atom is -0.354 e. The number of nitrogens with zero attached hydrogens (tertiary/aromatic N) is 2. The Morgan fingerprint density at radius 2 is 1.82 bits per heavy atom. The first-order valence-electron chi connectivity index (χ1n) is 10.7. The molecular formula is C23H28BrCl2N3O4S. The molecule has 34 heavy (non-hydrogen) atoms. The third-order valence-corrected chi connectivity index (χ3v) is 7.48. The molecule has 0 aromatic heterocycles. The summed E-state index contributed by atoms with van der Waals surface area (Å²) in [5.41, 5.74) is 0.990. The quantitative estimate of drug-likeness (QED) is 0.378. The van der Waals surface area contributed by atoms with E-state index in [1.165, 1.54) is 4.90 Å². The summed E-state index contributed by atoms with van der Waals surface area (Å²) >= 11 is 15.5. The molecule has 0 aliphatic heterocycles. The Bertz CT molecular complexity index is 1130. The fraction of sp³-hybridized carbons (Fsp3) is 0.391. The standard InChI is InChI=1S/C23H28BrCl2N3O4S/c1-4-5-11-27-23(31)16(2)28(14-17-9-10-20(25)21(26)12-17)22(30)15-29(34(3,32)33)19-8-6-7-18(24)13-19/h6-10,12-13,16H,4-5,11,14-15H2,1-3H3,(H,27,31)/t16-/m1/s1. The predicted molar refractivity (Wildman–Crippen MR) is 141 cm³/mol. The van der Waals surface area contributed by atoms with E-state index >= 15 is 0 Å². The molecule has 7 nitrogen and oxygen atoms in total. The molecule has 0 saturated heterocycles. The van der Waals surface area contributed by atoms with E-state index in [0.717, 1.165) is 23.4 Å². The number of unbranched alkanes of at least 4 members (excludes halogenated alkanes) is 1. The van der Waals surface area contributed by atoms with Gasteiger partial charge in [0.25, 0.3) is 0 Å². The van der Waals surface area contributed by atoms with E-state index in [-0.39, 0.29) is 12.5 Å². The van der Waals surface area contributed by atoms with Crippen molar-refractivity contribution in [3.05, 3.63) is 62.5 Å². The van der Waals surface area contributed by atoms with Gasteiger partial charge in [-0.25, -0.2) is 8.42 Å². The molecule has 2 aromatic carbocycles. The second kappa shape index (κ2) is 12.8. The van der Waals surface area contributed by atoms with Gasteiger partial charge < -0.3 is 10.2 Å². The fourth-order valence-electron chi connectivity index (χ4n) is 3.20. The van der Waals surface area contributed by atoms with E-state index in [1.54, 1.807) is 49.4 Å². The summed E-state index contributed by atoms with van der Waals surface area (Å²) in [7, 11) is -3.79. The number of rotatable bonds is 11. The highest BCUT2D eigenvalue weighted by Gasteiger charge is 2.30. The molecule has 0 heterocycles. The summed E-state index contributed by atoms with van der Waals surface area (Å²) in [6.45, 7) is 3.69. The molecule has 0 radical (unpaired) electrons. The molecule has 0 aliphatic rings. The average Bonchev–Trinajstić information content (AvgIpc) is 2.76. The smallest absolute Gasteiger partial charge is 0.244 e. The molecule has 186 valence electrons. The summed E-state index contributed by atoms with van der Waals surface area (Å²) in [4.78, 5) is 27.6. The normalized spacial score (nSPS) is 12.2. The van der Waals surface area contributed by atoms with Crippen molar-refractivity contribution in [1.29, 1.82) is 0 Å². The van der Waals surface area contributed by atoms with Crippen molar-refractivity contribution in [2.45, 2.75) is 39.3 Å². The van der Waals surface area contributed by atoms with Gasteiger partial charge in [0.15, 0.2) is 0 Å². The Balaban J connectivity index is 2.37. The van der Waals surface area contributed by atoms with E-state index in [4.69, 9.17) is 23.2 Å². The number of sulfonamides is 1. The van der Waals surface area contributed by atoms with E-state index < -0.39 is 28.5 Å². The van der Waals surface area contributed by atoms with Gasteiger partial charge in [-0.2, -0.15) is 0 Å². The van der Waals surface area contributed by atoms with Gasteiger partial charge in [-0.3, -0.25) is 13.9 Å². The van der Waals surface area contributed by atoms with E-state index in [9.17, 15) is 18.0 Å². The van der Waals surface area contributed by atoms with Crippen LogP contribution in [0.25, 0.3) is 0 Å². The third kappa shape index (κ3) is 8.15. The molecule has 11 heteroatoms. The number of carbonyl (C=O) groups is 2. The van der Waals surface area contributed by atoms with Crippen LogP contribution in [0.4, 0.5) is 5.69 Å². The second-order valence-corrected chi connectivity index (χ2v) is 11.5. The molecule has 0 unspecified atom stereocenters. The minimum atomic E-state index is -3.79. The summed E-state index contributed by atoms with van der Waals surface area (Å²) in [5, 5.41) is 3.51. The van der Waals surface area contributed by atoms with Crippen molar-refractivity contribution >= 4 is 66.7 Å². The molecule has 0 aliphatic carbocycles. The van der Waals surface area contributed by atoms with Crippen LogP contribution in [0.3, 0.4) is 0 Å². The molecule has 2 rings (SSSR count). The van der Waals surface area contributed by atoms with Crippen LogP contribution in [-0.2, 0) is 26.2 Å². The van der Waals surface area contributed by atoms with Crippen molar-refractivity contribution in [2.24, 2.45) is 0 Å². The van der Waals surface area contributed by atoms with Crippen LogP contribution in [0.2, 0.25) is 10.0 Å². The second-order valence-electron chi connectivity index (χ2n) is 7.84. The molecular weight excluding hydrogens is 565 g/mol. The lowest BCUT2D eigenvalue weighted by Crippen LogP contribution is -2.51. The summed E-state index contributed by atoms with van der Waals surface area (Å²) in [6, 6.07) is 10.7. The number of amides is 2. The Labute approximate surface area is 219 Å². The van der Waals surface area contributed by atoms with Gasteiger partial charge in [-0.15, -0.1) is 0 Å². The molecule has 1 atom stereocenters. The average molecular weight is 593 g/mol. The monoisotopic (exact) mass is 591 g/mol. The first-order valence-corrected chi connectivity index (χ1v) is 14.1. The third-order valence-electron chi connectivity index (χ3n) is 5.11. The van der Waals surface area contributed by atoms with Gasteiger partial charge in [0.05, 0.1) is 22.0 Å². The summed E-state index contributed by atoms with van der Waals surface area (Å²) in [6.07, 6.45) is 2.76. The lowest BCUT2D eigenvalue weighted by atomic mass is 10.1. The number of anilines is 1. The topological polar surface area (TPSA) is 86.8 Å². The number of hydrogen-bond donors (Lipinski definition) is 1. The number of carbonyl (C=O) groups excluding carboxylic acids is 2. The maximum Gasteiger partial charge on any atom is 0.244 e. The van der Waals surface area contributed by atoms with E-state index in [2.05, 4.69) is 21.2 Å². The van der Waals surface area contributed by atoms with Gasteiger partial charge in [0.2, 0.25) is 21.8 Å². The highest BCUT2D eigenvalue weighted by molar-refractivity contribution is 9.10. The van der Waals surface area contributed by atoms with Crippen molar-refractivity contribution < 1.29 is 18.0 Å². The summed E-state index contributed by atoms with van der Waals surface area (Å²) in [5.74, 6) is -0.857. The molecule has 0 bridgehead atoms. The Morgan fingerprint density at radius 3 is 2.41 bits per heavy atom. The molecule has 0 fully saturated rings. The van der Waals surface area contributed by atoms with Crippen LogP contribution >= 0.6 is 39.1 Å². The maximum absolute atomic E-state index is 13.5. The zero-order chi connectivity index (χ0) is 25.5. The van der Waals surface area contributed by atoms with Gasteiger partial charge in [0, 0.05) is 17.6 Å². The molecule has 2 amide bonds. The van der Waals surface area contributed by atoms with E-state index in [1.807, 2.05) is 6.92 Å². The van der Waals surface area contributed by atoms with Crippen LogP contribution in [-0.4, -0.2) is 50.5 Å². The maximum atomic E-state index is 13.5. The first-order chi connectivity index (χ1) is 15.9. The van der Waals surface area contributed by atoms with Crippen molar-refractivity contribution in [1.82, 2.24) is 10.2 Å². The van der Waals surface area contributed by atoms with Gasteiger partial charge in [-0.05, 0) is 49.2 Å². The van der Waals surface area contributed by atoms with E-state index in [0.29, 0.717) is 32.3 Å². The number of nitrogens with one attached hydrogen (secondary N) is 1. The highest BCUT2D eigenvalue weighted by atomic mass is 79.9. The van der Waals surface area contributed by atoms with Crippen LogP contribution in [0, 0.1) is 0 Å². The van der Waals surface area contributed by atoms with Crippen LogP contribution in [0.5, 0.6) is 0 Å². The molecule has 2 aromatic rings. The SMILES string of the molecule is CCCCNC(=O)[C@@H](C)N(Cc1ccc(Cl)c(Cl)c1)C(=O)CN(c1cccc(Br)c1)S(C)(=O)=O. The largest absolute Gasteiger partial charge is 0.354 e. The molecule has 0 saturated carbocycles.